The van der Waals surface area contributed by atoms with E-state index in [1.807, 2.05) is 6.21 Å². The van der Waals surface area contributed by atoms with E-state index in [9.17, 15) is 0 Å². The minimum absolute atomic E-state index is 1.12. The Bertz CT molecular complexity index is 353. The van der Waals surface area contributed by atoms with Crippen molar-refractivity contribution >= 4 is 6.21 Å². The molecule has 2 aliphatic rings. The lowest BCUT2D eigenvalue weighted by Gasteiger charge is -2.06. The number of hydrogen-bond acceptors (Lipinski definition) is 1. The standard InChI is InChI=1S/C13H17N/c1-3-5-10-7-8-11-9-14-12(6-4-2)13(10)11/h7-9H,3-6H2,1-2H3. The maximum Gasteiger partial charge on any atom is 0.0485 e. The lowest BCUT2D eigenvalue weighted by atomic mass is 9.98. The predicted octanol–water partition coefficient (Wildman–Crippen LogP) is 3.79. The van der Waals surface area contributed by atoms with E-state index in [1.54, 1.807) is 0 Å². The minimum atomic E-state index is 1.12. The summed E-state index contributed by atoms with van der Waals surface area (Å²) in [4.78, 5) is 4.49. The van der Waals surface area contributed by atoms with Crippen molar-refractivity contribution in [2.75, 3.05) is 0 Å². The number of nitrogens with zero attached hydrogens (tertiary/aromatic N) is 1. The number of fused-ring (bicyclic) bond motifs is 1. The van der Waals surface area contributed by atoms with Crippen LogP contribution in [-0.4, -0.2) is 6.21 Å². The first-order chi connectivity index (χ1) is 6.86. The van der Waals surface area contributed by atoms with Crippen molar-refractivity contribution < 1.29 is 0 Å². The van der Waals surface area contributed by atoms with Gasteiger partial charge < -0.3 is 0 Å². The molecule has 0 amide bonds. The SMILES string of the molecule is CCCC1=CC=C2C=NC(CCC)=C21. The molecule has 0 saturated heterocycles. The first-order valence-electron chi connectivity index (χ1n) is 5.55. The van der Waals surface area contributed by atoms with E-state index in [1.165, 1.54) is 41.7 Å². The van der Waals surface area contributed by atoms with Crippen LogP contribution in [0.3, 0.4) is 0 Å². The van der Waals surface area contributed by atoms with Gasteiger partial charge in [-0.15, -0.1) is 0 Å². The summed E-state index contributed by atoms with van der Waals surface area (Å²) in [6, 6.07) is 0. The van der Waals surface area contributed by atoms with Crippen LogP contribution in [0.2, 0.25) is 0 Å². The quantitative estimate of drug-likeness (QED) is 0.635. The smallest absolute Gasteiger partial charge is 0.0485 e. The highest BCUT2D eigenvalue weighted by atomic mass is 14.8. The van der Waals surface area contributed by atoms with E-state index in [4.69, 9.17) is 0 Å². The van der Waals surface area contributed by atoms with E-state index in [0.717, 1.165) is 6.42 Å². The zero-order valence-corrected chi connectivity index (χ0v) is 9.01. The van der Waals surface area contributed by atoms with Crippen LogP contribution in [-0.2, 0) is 0 Å². The molecule has 2 rings (SSSR count). The van der Waals surface area contributed by atoms with E-state index >= 15 is 0 Å². The lowest BCUT2D eigenvalue weighted by Crippen LogP contribution is -1.90. The van der Waals surface area contributed by atoms with Crippen molar-refractivity contribution in [2.24, 2.45) is 4.99 Å². The van der Waals surface area contributed by atoms with E-state index in [-0.39, 0.29) is 0 Å². The van der Waals surface area contributed by atoms with Crippen LogP contribution in [0.4, 0.5) is 0 Å². The highest BCUT2D eigenvalue weighted by Crippen LogP contribution is 2.36. The topological polar surface area (TPSA) is 12.4 Å². The Hall–Kier alpha value is -1.11. The summed E-state index contributed by atoms with van der Waals surface area (Å²) in [6.45, 7) is 4.44. The van der Waals surface area contributed by atoms with Gasteiger partial charge in [0.2, 0.25) is 0 Å². The molecule has 0 unspecified atom stereocenters. The Morgan fingerprint density at radius 1 is 1.07 bits per heavy atom. The largest absolute Gasteiger partial charge is 0.260 e. The Morgan fingerprint density at radius 3 is 2.57 bits per heavy atom. The fraction of sp³-hybridized carbons (Fsp3) is 0.462. The summed E-state index contributed by atoms with van der Waals surface area (Å²) in [5.74, 6) is 0. The van der Waals surface area contributed by atoms with Gasteiger partial charge in [0.25, 0.3) is 0 Å². The molecule has 0 N–H and O–H groups in total. The Kier molecular flexibility index (Phi) is 2.67. The van der Waals surface area contributed by atoms with E-state index < -0.39 is 0 Å². The van der Waals surface area contributed by atoms with Crippen LogP contribution in [0.25, 0.3) is 0 Å². The van der Waals surface area contributed by atoms with Gasteiger partial charge in [-0.05, 0) is 18.4 Å². The molecule has 1 aliphatic carbocycles. The van der Waals surface area contributed by atoms with Crippen molar-refractivity contribution in [3.05, 3.63) is 34.6 Å². The molecule has 74 valence electrons. The van der Waals surface area contributed by atoms with Gasteiger partial charge in [0.1, 0.15) is 0 Å². The maximum absolute atomic E-state index is 4.49. The molecule has 0 aromatic rings. The molecule has 0 spiro atoms. The maximum atomic E-state index is 4.49. The van der Waals surface area contributed by atoms with Crippen molar-refractivity contribution in [1.82, 2.24) is 0 Å². The Morgan fingerprint density at radius 2 is 1.86 bits per heavy atom. The average Bonchev–Trinajstić information content (AvgIpc) is 2.72. The van der Waals surface area contributed by atoms with Gasteiger partial charge >= 0.3 is 0 Å². The molecule has 0 radical (unpaired) electrons. The molecule has 0 bridgehead atoms. The summed E-state index contributed by atoms with van der Waals surface area (Å²) >= 11 is 0. The minimum Gasteiger partial charge on any atom is -0.260 e. The molecule has 14 heavy (non-hydrogen) atoms. The molecule has 0 saturated carbocycles. The van der Waals surface area contributed by atoms with Gasteiger partial charge in [0.15, 0.2) is 0 Å². The third-order valence-electron chi connectivity index (χ3n) is 2.73. The molecular weight excluding hydrogens is 170 g/mol. The van der Waals surface area contributed by atoms with Crippen molar-refractivity contribution in [2.45, 2.75) is 39.5 Å². The Labute approximate surface area is 85.9 Å². The van der Waals surface area contributed by atoms with Gasteiger partial charge in [-0.1, -0.05) is 38.8 Å². The second-order valence-corrected chi connectivity index (χ2v) is 3.89. The molecule has 0 aromatic heterocycles. The Balaban J connectivity index is 2.25. The molecule has 0 aromatic carbocycles. The summed E-state index contributed by atoms with van der Waals surface area (Å²) in [7, 11) is 0. The third-order valence-corrected chi connectivity index (χ3v) is 2.73. The lowest BCUT2D eigenvalue weighted by molar-refractivity contribution is 0.874. The second kappa shape index (κ2) is 3.95. The predicted molar refractivity (Wildman–Crippen MR) is 61.5 cm³/mol. The van der Waals surface area contributed by atoms with Crippen molar-refractivity contribution in [1.29, 1.82) is 0 Å². The van der Waals surface area contributed by atoms with Crippen LogP contribution in [0.1, 0.15) is 39.5 Å². The van der Waals surface area contributed by atoms with Gasteiger partial charge in [-0.3, -0.25) is 4.99 Å². The van der Waals surface area contributed by atoms with E-state index in [2.05, 4.69) is 31.0 Å². The molecule has 0 atom stereocenters. The first-order valence-corrected chi connectivity index (χ1v) is 5.55. The van der Waals surface area contributed by atoms with Crippen LogP contribution < -0.4 is 0 Å². The fourth-order valence-electron chi connectivity index (χ4n) is 2.12. The summed E-state index contributed by atoms with van der Waals surface area (Å²) in [6.07, 6.45) is 11.2. The molecular formula is C13H17N. The summed E-state index contributed by atoms with van der Waals surface area (Å²) in [5, 5.41) is 0. The highest BCUT2D eigenvalue weighted by Gasteiger charge is 2.21. The zero-order chi connectivity index (χ0) is 9.97. The summed E-state index contributed by atoms with van der Waals surface area (Å²) in [5.41, 5.74) is 5.56. The molecule has 1 heteroatoms. The molecule has 1 heterocycles. The normalized spacial score (nSPS) is 18.7. The second-order valence-electron chi connectivity index (χ2n) is 3.89. The van der Waals surface area contributed by atoms with Crippen LogP contribution in [0.5, 0.6) is 0 Å². The van der Waals surface area contributed by atoms with Gasteiger partial charge in [-0.2, -0.15) is 0 Å². The van der Waals surface area contributed by atoms with Gasteiger partial charge in [0, 0.05) is 23.1 Å². The first kappa shape index (κ1) is 9.45. The molecule has 0 fully saturated rings. The van der Waals surface area contributed by atoms with Gasteiger partial charge in [0.05, 0.1) is 0 Å². The monoisotopic (exact) mass is 187 g/mol. The number of aliphatic imine (C=N–C) groups is 1. The van der Waals surface area contributed by atoms with Gasteiger partial charge in [-0.25, -0.2) is 0 Å². The number of hydrogen-bond donors (Lipinski definition) is 0. The average molecular weight is 187 g/mol. The number of allylic oxidation sites excluding steroid dienone is 6. The van der Waals surface area contributed by atoms with Crippen molar-refractivity contribution in [3.8, 4) is 0 Å². The van der Waals surface area contributed by atoms with Crippen LogP contribution >= 0.6 is 0 Å². The van der Waals surface area contributed by atoms with Crippen LogP contribution in [0, 0.1) is 0 Å². The fourth-order valence-corrected chi connectivity index (χ4v) is 2.12. The van der Waals surface area contributed by atoms with Crippen LogP contribution in [0.15, 0.2) is 39.6 Å². The molecule has 1 nitrogen and oxygen atoms in total. The third kappa shape index (κ3) is 1.47. The summed E-state index contributed by atoms with van der Waals surface area (Å²) < 4.78 is 0. The highest BCUT2D eigenvalue weighted by molar-refractivity contribution is 5.94. The number of rotatable bonds is 4. The van der Waals surface area contributed by atoms with Crippen molar-refractivity contribution in [3.63, 3.8) is 0 Å². The van der Waals surface area contributed by atoms with E-state index in [0.29, 0.717) is 0 Å². The molecule has 1 aliphatic heterocycles. The zero-order valence-electron chi connectivity index (χ0n) is 9.01.